The fourth-order valence-corrected chi connectivity index (χ4v) is 9.19. The second kappa shape index (κ2) is 6.54. The minimum atomic E-state index is -1.71. The van der Waals surface area contributed by atoms with Crippen LogP contribution < -0.4 is 0 Å². The average Bonchev–Trinajstić information content (AvgIpc) is 2.20. The van der Waals surface area contributed by atoms with Gasteiger partial charge in [0.1, 0.15) is 16.1 Å². The summed E-state index contributed by atoms with van der Waals surface area (Å²) in [5.41, 5.74) is 21.0. The molecular weight excluding hydrogens is 305 g/mol. The molecule has 0 heterocycles. The molecule has 4 heteroatoms. The van der Waals surface area contributed by atoms with Gasteiger partial charge in [-0.1, -0.05) is 39.3 Å². The number of hydrogen-bond acceptors (Lipinski definition) is 0. The van der Waals surface area contributed by atoms with Crippen LogP contribution in [0.25, 0.3) is 0 Å². The van der Waals surface area contributed by atoms with Crippen LogP contribution in [0.2, 0.25) is 65.5 Å². The van der Waals surface area contributed by atoms with Crippen molar-refractivity contribution < 1.29 is 0 Å². The Morgan fingerprint density at radius 1 is 0.350 bits per heavy atom. The molecule has 0 spiro atoms. The minimum absolute atomic E-state index is 1.29. The molecule has 20 heavy (non-hydrogen) atoms. The molecule has 0 saturated carbocycles. The standard InChI is InChI=1S/C16H30Si4/c1-17(2,3)11-13-19(7,8)15-16-20(9,10)14-12-18(4,5)6/h1-10H3. The van der Waals surface area contributed by atoms with Gasteiger partial charge in [0.2, 0.25) is 16.1 Å². The summed E-state index contributed by atoms with van der Waals surface area (Å²) in [6.45, 7) is 22.7. The van der Waals surface area contributed by atoms with Gasteiger partial charge in [-0.05, 0) is 26.2 Å². The highest BCUT2D eigenvalue weighted by molar-refractivity contribution is 6.98. The highest BCUT2D eigenvalue weighted by Crippen LogP contribution is 2.05. The van der Waals surface area contributed by atoms with Crippen LogP contribution >= 0.6 is 0 Å². The zero-order chi connectivity index (χ0) is 16.2. The van der Waals surface area contributed by atoms with E-state index in [4.69, 9.17) is 0 Å². The predicted octanol–water partition coefficient (Wildman–Crippen LogP) is 4.33. The molecule has 0 aromatic rings. The topological polar surface area (TPSA) is 0 Å². The van der Waals surface area contributed by atoms with Crippen molar-refractivity contribution in [2.75, 3.05) is 0 Å². The Morgan fingerprint density at radius 3 is 0.750 bits per heavy atom. The maximum atomic E-state index is 3.52. The van der Waals surface area contributed by atoms with Crippen LogP contribution in [0.3, 0.4) is 0 Å². The normalized spacial score (nSPS) is 12.3. The van der Waals surface area contributed by atoms with Crippen LogP contribution in [-0.2, 0) is 0 Å². The van der Waals surface area contributed by atoms with Gasteiger partial charge in [-0.15, -0.1) is 33.3 Å². The molecule has 0 amide bonds. The van der Waals surface area contributed by atoms with E-state index in [1.165, 1.54) is 0 Å². The Kier molecular flexibility index (Phi) is 6.39. The van der Waals surface area contributed by atoms with Crippen LogP contribution in [0.1, 0.15) is 0 Å². The molecule has 0 N–H and O–H groups in total. The van der Waals surface area contributed by atoms with Gasteiger partial charge in [-0.2, -0.15) is 0 Å². The summed E-state index contributed by atoms with van der Waals surface area (Å²) >= 11 is 0. The SMILES string of the molecule is C[Si](C)(C)C#C[Si](C)(C)C#C[Si](C)(C)C#C[Si](C)(C)C. The van der Waals surface area contributed by atoms with Crippen molar-refractivity contribution in [2.24, 2.45) is 0 Å². The predicted molar refractivity (Wildman–Crippen MR) is 105 cm³/mol. The lowest BCUT2D eigenvalue weighted by molar-refractivity contribution is 1.81. The summed E-state index contributed by atoms with van der Waals surface area (Å²) < 4.78 is 0. The van der Waals surface area contributed by atoms with Crippen molar-refractivity contribution >= 4 is 32.3 Å². The Morgan fingerprint density at radius 2 is 0.550 bits per heavy atom. The van der Waals surface area contributed by atoms with Gasteiger partial charge >= 0.3 is 0 Å². The zero-order valence-corrected chi connectivity index (χ0v) is 19.0. The largest absolute Gasteiger partial charge is 0.209 e. The summed E-state index contributed by atoms with van der Waals surface area (Å²) in [7, 11) is -5.99. The molecule has 0 rings (SSSR count). The summed E-state index contributed by atoms with van der Waals surface area (Å²) in [5.74, 6) is 0. The van der Waals surface area contributed by atoms with E-state index in [0.29, 0.717) is 0 Å². The van der Waals surface area contributed by atoms with Crippen molar-refractivity contribution in [3.63, 3.8) is 0 Å². The van der Waals surface area contributed by atoms with Gasteiger partial charge in [0.25, 0.3) is 0 Å². The maximum absolute atomic E-state index is 3.52. The fourth-order valence-electron chi connectivity index (χ4n) is 1.06. The molecule has 0 atom stereocenters. The first-order valence-electron chi connectivity index (χ1n) is 7.25. The number of rotatable bonds is 0. The van der Waals surface area contributed by atoms with Crippen molar-refractivity contribution in [2.45, 2.75) is 65.5 Å². The number of hydrogen-bond donors (Lipinski definition) is 0. The molecule has 0 fully saturated rings. The van der Waals surface area contributed by atoms with E-state index in [1.54, 1.807) is 0 Å². The van der Waals surface area contributed by atoms with Gasteiger partial charge in [0, 0.05) is 0 Å². The van der Waals surface area contributed by atoms with Crippen molar-refractivity contribution in [3.8, 4) is 33.3 Å². The Hall–Kier alpha value is -0.452. The molecule has 0 radical (unpaired) electrons. The van der Waals surface area contributed by atoms with Crippen molar-refractivity contribution in [1.29, 1.82) is 0 Å². The van der Waals surface area contributed by atoms with E-state index in [0.717, 1.165) is 0 Å². The van der Waals surface area contributed by atoms with Gasteiger partial charge in [-0.25, -0.2) is 0 Å². The lowest BCUT2D eigenvalue weighted by Gasteiger charge is -2.12. The molecule has 0 aliphatic carbocycles. The second-order valence-electron chi connectivity index (χ2n) is 8.50. The van der Waals surface area contributed by atoms with Crippen molar-refractivity contribution in [1.82, 2.24) is 0 Å². The molecule has 0 saturated heterocycles. The van der Waals surface area contributed by atoms with Crippen LogP contribution in [0.4, 0.5) is 0 Å². The van der Waals surface area contributed by atoms with Crippen LogP contribution in [0, 0.1) is 33.3 Å². The van der Waals surface area contributed by atoms with E-state index >= 15 is 0 Å². The van der Waals surface area contributed by atoms with E-state index < -0.39 is 32.3 Å². The smallest absolute Gasteiger partial charge is 0.138 e. The lowest BCUT2D eigenvalue weighted by atomic mass is 11.3. The molecule has 0 aromatic heterocycles. The summed E-state index contributed by atoms with van der Waals surface area (Å²) in [4.78, 5) is 0. The Labute approximate surface area is 131 Å². The molecular formula is C16H30Si4. The first kappa shape index (κ1) is 19.5. The zero-order valence-electron chi connectivity index (χ0n) is 15.0. The summed E-state index contributed by atoms with van der Waals surface area (Å²) in [6, 6.07) is 0. The van der Waals surface area contributed by atoms with Gasteiger partial charge in [0.15, 0.2) is 0 Å². The van der Waals surface area contributed by atoms with Crippen molar-refractivity contribution in [3.05, 3.63) is 0 Å². The van der Waals surface area contributed by atoms with E-state index in [1.807, 2.05) is 0 Å². The van der Waals surface area contributed by atoms with Crippen LogP contribution in [0.15, 0.2) is 0 Å². The maximum Gasteiger partial charge on any atom is 0.209 e. The molecule has 0 aliphatic heterocycles. The van der Waals surface area contributed by atoms with Gasteiger partial charge in [-0.3, -0.25) is 0 Å². The third-order valence-corrected chi connectivity index (χ3v) is 7.69. The minimum Gasteiger partial charge on any atom is -0.138 e. The average molecular weight is 335 g/mol. The van der Waals surface area contributed by atoms with Gasteiger partial charge in [0.05, 0.1) is 0 Å². The van der Waals surface area contributed by atoms with E-state index in [-0.39, 0.29) is 0 Å². The van der Waals surface area contributed by atoms with Crippen LogP contribution in [-0.4, -0.2) is 32.3 Å². The Balaban J connectivity index is 5.20. The summed E-state index contributed by atoms with van der Waals surface area (Å²) in [5, 5.41) is 0. The lowest BCUT2D eigenvalue weighted by Crippen LogP contribution is -2.29. The van der Waals surface area contributed by atoms with E-state index in [9.17, 15) is 0 Å². The quantitative estimate of drug-likeness (QED) is 0.457. The highest BCUT2D eigenvalue weighted by Gasteiger charge is 2.20. The molecule has 0 aliphatic rings. The van der Waals surface area contributed by atoms with E-state index in [2.05, 4.69) is 98.7 Å². The monoisotopic (exact) mass is 334 g/mol. The third kappa shape index (κ3) is 11.4. The second-order valence-corrected chi connectivity index (χ2v) is 25.5. The molecule has 0 unspecified atom stereocenters. The Bertz CT molecular complexity index is 475. The molecule has 0 nitrogen and oxygen atoms in total. The molecule has 0 bridgehead atoms. The first-order valence-corrected chi connectivity index (χ1v) is 20.2. The third-order valence-electron chi connectivity index (χ3n) is 2.19. The molecule has 110 valence electrons. The first-order chi connectivity index (χ1) is 8.62. The fraction of sp³-hybridized carbons (Fsp3) is 0.625. The highest BCUT2D eigenvalue weighted by atomic mass is 28.3. The van der Waals surface area contributed by atoms with Crippen LogP contribution in [0.5, 0.6) is 0 Å². The summed E-state index contributed by atoms with van der Waals surface area (Å²) in [6.07, 6.45) is 0. The molecule has 0 aromatic carbocycles. The van der Waals surface area contributed by atoms with Gasteiger partial charge < -0.3 is 0 Å².